The average molecular weight is 1210 g/mol. The van der Waals surface area contributed by atoms with E-state index in [9.17, 15) is 29.4 Å². The zero-order chi connectivity index (χ0) is 59.6. The number of methoxy groups -OCH3 is 3. The number of Topliss-reactive ketones (excluding diaryl/α,β-unsaturated/α-hetero) is 1. The molecule has 0 unspecified atom stereocenters. The molecule has 0 spiro atoms. The van der Waals surface area contributed by atoms with Crippen LogP contribution in [0.4, 0.5) is 0 Å². The van der Waals surface area contributed by atoms with Crippen molar-refractivity contribution < 1.29 is 94.0 Å². The minimum absolute atomic E-state index is 0.0792. The highest BCUT2D eigenvalue weighted by Gasteiger charge is 2.40. The number of rotatable bonds is 38. The predicted molar refractivity (Wildman–Crippen MR) is 315 cm³/mol. The van der Waals surface area contributed by atoms with Crippen LogP contribution in [0.15, 0.2) is 36.4 Å². The van der Waals surface area contributed by atoms with Crippen molar-refractivity contribution in [1.29, 1.82) is 0 Å². The number of aromatic hydroxyl groups is 2. The molecule has 2 aromatic carbocycles. The zero-order valence-electron chi connectivity index (χ0n) is 49.9. The number of ketones is 1. The number of hydrogen-bond acceptors (Lipinski definition) is 20. The first-order valence-electron chi connectivity index (χ1n) is 26.6. The van der Waals surface area contributed by atoms with E-state index in [1.807, 2.05) is 0 Å². The largest absolute Gasteiger partial charge is 0.508 e. The lowest BCUT2D eigenvalue weighted by Crippen LogP contribution is -2.52. The van der Waals surface area contributed by atoms with Crippen LogP contribution < -0.4 is 0 Å². The second-order valence-electron chi connectivity index (χ2n) is 21.8. The van der Waals surface area contributed by atoms with Crippen LogP contribution in [-0.4, -0.2) is 195 Å². The molecule has 2 rings (SSSR count). The molecule has 0 aliphatic heterocycles. The zero-order valence-corrected chi connectivity index (χ0v) is 55.9. The third-order valence-electron chi connectivity index (χ3n) is 11.0. The molecule has 450 valence electrons. The summed E-state index contributed by atoms with van der Waals surface area (Å²) in [6.45, 7) is 33.1. The van der Waals surface area contributed by atoms with Crippen molar-refractivity contribution in [3.05, 3.63) is 58.7 Å². The van der Waals surface area contributed by atoms with E-state index in [-0.39, 0.29) is 66.0 Å². The highest BCUT2D eigenvalue weighted by molar-refractivity contribution is 6.88. The van der Waals surface area contributed by atoms with Gasteiger partial charge in [0.1, 0.15) is 18.1 Å². The van der Waals surface area contributed by atoms with Gasteiger partial charge in [-0.05, 0) is 172 Å². The molecule has 20 nitrogen and oxygen atoms in total. The second-order valence-corrected chi connectivity index (χ2v) is 46.7. The quantitative estimate of drug-likeness (QED) is 0.0160. The molecule has 0 amide bonds. The third kappa shape index (κ3) is 37.1. The summed E-state index contributed by atoms with van der Waals surface area (Å²) in [6, 6.07) is 11.8. The molecule has 4 N–H and O–H groups in total. The molecule has 0 aliphatic carbocycles. The first-order valence-corrected chi connectivity index (χ1v) is 44.7. The van der Waals surface area contributed by atoms with Gasteiger partial charge in [-0.1, -0.05) is 0 Å². The fourth-order valence-corrected chi connectivity index (χ4v) is 36.3. The van der Waals surface area contributed by atoms with E-state index in [0.29, 0.717) is 46.2 Å². The fraction of sp³-hybridized carbons (Fsp3) is 0.692. The molecule has 0 saturated heterocycles. The number of carbonyl (C=O) groups excluding carboxylic acids is 4. The number of carbonyl (C=O) groups is 4. The summed E-state index contributed by atoms with van der Waals surface area (Å²) in [7, 11) is -7.70. The van der Waals surface area contributed by atoms with E-state index < -0.39 is 68.3 Å². The third-order valence-corrected chi connectivity index (χ3v) is 34.0. The van der Waals surface area contributed by atoms with Gasteiger partial charge in [0.15, 0.2) is 39.1 Å². The van der Waals surface area contributed by atoms with Crippen LogP contribution in [0.25, 0.3) is 0 Å². The first-order chi connectivity index (χ1) is 36.3. The van der Waals surface area contributed by atoms with Crippen LogP contribution in [0, 0.1) is 0 Å². The number of phenolic OH excluding ortho intramolecular Hbond substituents is 2. The Morgan fingerprint density at radius 2 is 0.692 bits per heavy atom. The lowest BCUT2D eigenvalue weighted by Gasteiger charge is -2.39. The Bertz CT molecular complexity index is 1970. The first kappa shape index (κ1) is 75.0. The maximum absolute atomic E-state index is 12.2. The Balaban J connectivity index is 0.00000126. The Morgan fingerprint density at radius 3 is 1.00 bits per heavy atom. The summed E-state index contributed by atoms with van der Waals surface area (Å²) in [5.74, 6) is -2.45. The Morgan fingerprint density at radius 1 is 0.397 bits per heavy atom. The number of benzene rings is 2. The lowest BCUT2D eigenvalue weighted by atomic mass is 10.1. The van der Waals surface area contributed by atoms with Gasteiger partial charge in [-0.25, -0.2) is 14.4 Å². The summed E-state index contributed by atoms with van der Waals surface area (Å²) < 4.78 is 67.4. The van der Waals surface area contributed by atoms with Gasteiger partial charge < -0.3 is 74.8 Å². The Kier molecular flexibility index (Phi) is 37.1. The van der Waals surface area contributed by atoms with Gasteiger partial charge in [0.25, 0.3) is 0 Å². The van der Waals surface area contributed by atoms with Crippen molar-refractivity contribution >= 4 is 74.1 Å². The molecular formula is C52H98O20Si6. The van der Waals surface area contributed by atoms with Crippen molar-refractivity contribution in [1.82, 2.24) is 0 Å². The molecular weight excluding hydrogens is 1110 g/mol. The molecule has 0 fully saturated rings. The normalized spacial score (nSPS) is 12.2. The minimum Gasteiger partial charge on any atom is -0.508 e. The maximum atomic E-state index is 12.2. The fourth-order valence-electron chi connectivity index (χ4n) is 8.28. The van der Waals surface area contributed by atoms with Crippen LogP contribution in [0.5, 0.6) is 11.5 Å². The smallest absolute Gasteiger partial charge is 0.338 e. The molecule has 0 aromatic heterocycles. The van der Waals surface area contributed by atoms with Gasteiger partial charge >= 0.3 is 35.0 Å². The Hall–Kier alpha value is -3.02. The average Bonchev–Trinajstić information content (AvgIpc) is 3.32. The molecule has 0 aliphatic rings. The van der Waals surface area contributed by atoms with Gasteiger partial charge in [-0.2, -0.15) is 0 Å². The van der Waals surface area contributed by atoms with E-state index in [4.69, 9.17) is 55.1 Å². The summed E-state index contributed by atoms with van der Waals surface area (Å²) in [5.41, 5.74) is 0.583. The van der Waals surface area contributed by atoms with Crippen LogP contribution in [0.1, 0.15) is 74.0 Å². The van der Waals surface area contributed by atoms with Crippen molar-refractivity contribution in [3.8, 4) is 11.5 Å². The van der Waals surface area contributed by atoms with Gasteiger partial charge in [-0.3, -0.25) is 4.79 Å². The topological polar surface area (TPSA) is 260 Å². The number of phenols is 2. The summed E-state index contributed by atoms with van der Waals surface area (Å²) in [5, 5.41) is 36.4. The molecule has 0 saturated carbocycles. The van der Waals surface area contributed by atoms with Crippen molar-refractivity contribution in [2.75, 3.05) is 101 Å². The summed E-state index contributed by atoms with van der Waals surface area (Å²) in [4.78, 5) is 46.0. The standard InChI is InChI=1S/C26H48O9Si3.C16H40O6Si3.C10H10O5/c1-22(27)23-19-24(21-25(28)20-23)26(29)33-16-15-32-12-10-18-37(5,6)35-38(7,8)34-36(3,4)17-9-11-31-14-13-30-2;1-23(2,15-7-11-19-13-9-17)21-25(5,6)22-24(3,4)16-8-12-20-14-10-18;1-14-9(12)6-3-7(10(13)15-2)5-8(11)4-6/h19-21,28H,9-18H2,1-8H3;17-18H,7-16H2,1-6H3;3-5,11H,1-2H3. The Labute approximate surface area is 472 Å². The SMILES string of the molecule is COC(=O)c1cc(O)cc(C(=O)OC)c1.COCCOCCC[Si](C)(C)O[Si](C)(C)O[Si](C)(C)CCCOCCOC(=O)c1cc(O)cc(C(C)=O)c1.C[Si](C)(CCCOCCO)O[Si](C)(C)O[Si](C)(C)CCCOCCO. The van der Waals surface area contributed by atoms with Crippen molar-refractivity contribution in [2.45, 2.75) is 135 Å². The number of esters is 3. The van der Waals surface area contributed by atoms with Crippen molar-refractivity contribution in [3.63, 3.8) is 0 Å². The number of aliphatic hydroxyl groups excluding tert-OH is 2. The molecule has 0 radical (unpaired) electrons. The molecule has 26 heteroatoms. The molecule has 0 atom stereocenters. The molecule has 2 aromatic rings. The lowest BCUT2D eigenvalue weighted by molar-refractivity contribution is 0.0317. The van der Waals surface area contributed by atoms with Crippen LogP contribution in [0.2, 0.25) is 103 Å². The minimum atomic E-state index is -2.27. The second kappa shape index (κ2) is 38.6. The van der Waals surface area contributed by atoms with E-state index >= 15 is 0 Å². The molecule has 78 heavy (non-hydrogen) atoms. The van der Waals surface area contributed by atoms with Crippen molar-refractivity contribution in [2.24, 2.45) is 0 Å². The molecule has 0 heterocycles. The summed E-state index contributed by atoms with van der Waals surface area (Å²) >= 11 is 0. The van der Waals surface area contributed by atoms with Gasteiger partial charge in [0.2, 0.25) is 0 Å². The van der Waals surface area contributed by atoms with E-state index in [1.54, 1.807) is 7.11 Å². The number of aliphatic hydroxyl groups is 2. The van der Waals surface area contributed by atoms with Crippen LogP contribution >= 0.6 is 0 Å². The maximum Gasteiger partial charge on any atom is 0.338 e. The van der Waals surface area contributed by atoms with E-state index in [0.717, 1.165) is 56.5 Å². The predicted octanol–water partition coefficient (Wildman–Crippen LogP) is 9.25. The highest BCUT2D eigenvalue weighted by Crippen LogP contribution is 2.28. The monoisotopic (exact) mass is 1210 g/mol. The van der Waals surface area contributed by atoms with E-state index in [1.165, 1.54) is 57.5 Å². The van der Waals surface area contributed by atoms with Crippen LogP contribution in [-0.2, 0) is 54.4 Å². The van der Waals surface area contributed by atoms with E-state index in [2.05, 4.69) is 88.0 Å². The summed E-state index contributed by atoms with van der Waals surface area (Å²) in [6.07, 6.45) is 3.76. The van der Waals surface area contributed by atoms with Gasteiger partial charge in [0, 0.05) is 39.1 Å². The number of ether oxygens (including phenoxy) is 8. The van der Waals surface area contributed by atoms with Gasteiger partial charge in [0.05, 0.1) is 77.2 Å². The molecule has 0 bridgehead atoms. The van der Waals surface area contributed by atoms with Crippen LogP contribution in [0.3, 0.4) is 0 Å². The number of hydrogen-bond donors (Lipinski definition) is 4. The van der Waals surface area contributed by atoms with Gasteiger partial charge in [-0.15, -0.1) is 0 Å². The highest BCUT2D eigenvalue weighted by atomic mass is 28.5.